The van der Waals surface area contributed by atoms with Crippen molar-refractivity contribution < 1.29 is 18.9 Å². The zero-order valence-electron chi connectivity index (χ0n) is 11.2. The van der Waals surface area contributed by atoms with Crippen LogP contribution in [0.25, 0.3) is 0 Å². The molecule has 0 aliphatic carbocycles. The molecule has 1 rings (SSSR count). The molecule has 4 nitrogen and oxygen atoms in total. The Hall–Kier alpha value is -0.940. The highest BCUT2D eigenvalue weighted by atomic mass is 79.9. The highest BCUT2D eigenvalue weighted by Crippen LogP contribution is 2.42. The second kappa shape index (κ2) is 7.48. The van der Waals surface area contributed by atoms with Crippen molar-refractivity contribution in [3.05, 3.63) is 16.1 Å². The standard InChI is InChI=1S/C13H19BrO4/c1-5-16-10-7-11(17-6-2)13(18-8-15-4)9(3)12(10)14/h7H,5-6,8H2,1-4H3. The van der Waals surface area contributed by atoms with E-state index in [9.17, 15) is 0 Å². The van der Waals surface area contributed by atoms with Crippen LogP contribution in [-0.4, -0.2) is 27.1 Å². The molecule has 0 spiro atoms. The number of ether oxygens (including phenoxy) is 4. The van der Waals surface area contributed by atoms with Crippen LogP contribution in [0.1, 0.15) is 19.4 Å². The second-order valence-corrected chi connectivity index (χ2v) is 4.35. The number of benzene rings is 1. The number of halogens is 1. The first-order chi connectivity index (χ1) is 8.65. The van der Waals surface area contributed by atoms with Gasteiger partial charge in [0.05, 0.1) is 17.7 Å². The summed E-state index contributed by atoms with van der Waals surface area (Å²) in [5.41, 5.74) is 0.932. The zero-order valence-corrected chi connectivity index (χ0v) is 12.8. The highest BCUT2D eigenvalue weighted by molar-refractivity contribution is 9.10. The van der Waals surface area contributed by atoms with Crippen LogP contribution >= 0.6 is 15.9 Å². The lowest BCUT2D eigenvalue weighted by atomic mass is 10.2. The Kier molecular flexibility index (Phi) is 6.29. The Balaban J connectivity index is 3.16. The third kappa shape index (κ3) is 3.53. The van der Waals surface area contributed by atoms with E-state index in [1.165, 1.54) is 0 Å². The molecule has 5 heteroatoms. The molecule has 0 radical (unpaired) electrons. The van der Waals surface area contributed by atoms with Crippen molar-refractivity contribution in [3.63, 3.8) is 0 Å². The predicted octanol–water partition coefficient (Wildman–Crippen LogP) is 3.54. The van der Waals surface area contributed by atoms with Gasteiger partial charge in [-0.15, -0.1) is 0 Å². The molecule has 0 aliphatic rings. The van der Waals surface area contributed by atoms with Gasteiger partial charge in [0, 0.05) is 18.7 Å². The minimum atomic E-state index is 0.182. The van der Waals surface area contributed by atoms with Crippen LogP contribution in [0.2, 0.25) is 0 Å². The van der Waals surface area contributed by atoms with Crippen LogP contribution in [0, 0.1) is 6.92 Å². The average molecular weight is 319 g/mol. The van der Waals surface area contributed by atoms with Crippen LogP contribution in [0.4, 0.5) is 0 Å². The van der Waals surface area contributed by atoms with E-state index in [1.54, 1.807) is 7.11 Å². The summed E-state index contributed by atoms with van der Waals surface area (Å²) in [7, 11) is 1.58. The third-order valence-corrected chi connectivity index (χ3v) is 3.28. The smallest absolute Gasteiger partial charge is 0.188 e. The topological polar surface area (TPSA) is 36.9 Å². The average Bonchev–Trinajstić information content (AvgIpc) is 2.36. The van der Waals surface area contributed by atoms with E-state index in [0.29, 0.717) is 24.7 Å². The van der Waals surface area contributed by atoms with Gasteiger partial charge in [0.2, 0.25) is 0 Å². The summed E-state index contributed by atoms with van der Waals surface area (Å²) in [5.74, 6) is 2.09. The molecule has 102 valence electrons. The summed E-state index contributed by atoms with van der Waals surface area (Å²) in [6.07, 6.45) is 0. The van der Waals surface area contributed by atoms with Gasteiger partial charge in [-0.1, -0.05) is 0 Å². The fourth-order valence-electron chi connectivity index (χ4n) is 1.54. The zero-order chi connectivity index (χ0) is 13.5. The van der Waals surface area contributed by atoms with Crippen molar-refractivity contribution in [2.45, 2.75) is 20.8 Å². The summed E-state index contributed by atoms with van der Waals surface area (Å²) in [6.45, 7) is 7.16. The maximum absolute atomic E-state index is 5.58. The molecule has 0 aromatic heterocycles. The van der Waals surface area contributed by atoms with Crippen molar-refractivity contribution in [3.8, 4) is 17.2 Å². The Labute approximate surface area is 116 Å². The molecule has 0 fully saturated rings. The molecule has 0 saturated heterocycles. The normalized spacial score (nSPS) is 10.3. The monoisotopic (exact) mass is 318 g/mol. The van der Waals surface area contributed by atoms with Crippen LogP contribution in [0.5, 0.6) is 17.2 Å². The molecule has 0 unspecified atom stereocenters. The molecule has 0 aliphatic heterocycles. The molecule has 0 atom stereocenters. The Morgan fingerprint density at radius 1 is 1.06 bits per heavy atom. The second-order valence-electron chi connectivity index (χ2n) is 3.56. The first-order valence-electron chi connectivity index (χ1n) is 5.86. The van der Waals surface area contributed by atoms with Gasteiger partial charge in [0.1, 0.15) is 5.75 Å². The van der Waals surface area contributed by atoms with Gasteiger partial charge in [0.15, 0.2) is 18.3 Å². The molecule has 1 aromatic carbocycles. The summed E-state index contributed by atoms with van der Waals surface area (Å²) in [5, 5.41) is 0. The fourth-order valence-corrected chi connectivity index (χ4v) is 1.95. The van der Waals surface area contributed by atoms with Gasteiger partial charge in [-0.2, -0.15) is 0 Å². The van der Waals surface area contributed by atoms with E-state index < -0.39 is 0 Å². The lowest BCUT2D eigenvalue weighted by Crippen LogP contribution is -2.05. The molecule has 0 N–H and O–H groups in total. The van der Waals surface area contributed by atoms with Crippen molar-refractivity contribution in [2.24, 2.45) is 0 Å². The first kappa shape index (κ1) is 15.1. The predicted molar refractivity (Wildman–Crippen MR) is 73.7 cm³/mol. The van der Waals surface area contributed by atoms with Gasteiger partial charge < -0.3 is 18.9 Å². The fraction of sp³-hybridized carbons (Fsp3) is 0.538. The van der Waals surface area contributed by atoms with Crippen LogP contribution in [-0.2, 0) is 4.74 Å². The van der Waals surface area contributed by atoms with Crippen LogP contribution in [0.3, 0.4) is 0 Å². The maximum atomic E-state index is 5.58. The summed E-state index contributed by atoms with van der Waals surface area (Å²) < 4.78 is 22.5. The molecule has 0 amide bonds. The van der Waals surface area contributed by atoms with Gasteiger partial charge >= 0.3 is 0 Å². The highest BCUT2D eigenvalue weighted by Gasteiger charge is 2.16. The SMILES string of the molecule is CCOc1cc(OCC)c(OCOC)c(C)c1Br. The number of methoxy groups -OCH3 is 1. The molecule has 0 heterocycles. The minimum Gasteiger partial charge on any atom is -0.493 e. The van der Waals surface area contributed by atoms with Crippen molar-refractivity contribution in [2.75, 3.05) is 27.1 Å². The molecule has 1 aromatic rings. The molecule has 0 saturated carbocycles. The van der Waals surface area contributed by atoms with E-state index >= 15 is 0 Å². The van der Waals surface area contributed by atoms with Crippen LogP contribution in [0.15, 0.2) is 10.5 Å². The summed E-state index contributed by atoms with van der Waals surface area (Å²) in [6, 6.07) is 1.83. The van der Waals surface area contributed by atoms with Crippen molar-refractivity contribution >= 4 is 15.9 Å². The quantitative estimate of drug-likeness (QED) is 0.721. The summed E-state index contributed by atoms with van der Waals surface area (Å²) >= 11 is 3.51. The third-order valence-electron chi connectivity index (χ3n) is 2.29. The molecule has 0 bridgehead atoms. The molecular formula is C13H19BrO4. The van der Waals surface area contributed by atoms with E-state index in [0.717, 1.165) is 15.8 Å². The molecular weight excluding hydrogens is 300 g/mol. The number of hydrogen-bond acceptors (Lipinski definition) is 4. The minimum absolute atomic E-state index is 0.182. The van der Waals surface area contributed by atoms with Gasteiger partial charge in [0.25, 0.3) is 0 Å². The van der Waals surface area contributed by atoms with Gasteiger partial charge in [-0.25, -0.2) is 0 Å². The van der Waals surface area contributed by atoms with E-state index in [1.807, 2.05) is 26.8 Å². The first-order valence-corrected chi connectivity index (χ1v) is 6.65. The van der Waals surface area contributed by atoms with Gasteiger partial charge in [-0.3, -0.25) is 0 Å². The lowest BCUT2D eigenvalue weighted by Gasteiger charge is -2.17. The van der Waals surface area contributed by atoms with Gasteiger partial charge in [-0.05, 0) is 36.7 Å². The molecule has 18 heavy (non-hydrogen) atoms. The van der Waals surface area contributed by atoms with Crippen molar-refractivity contribution in [1.82, 2.24) is 0 Å². The van der Waals surface area contributed by atoms with Crippen molar-refractivity contribution in [1.29, 1.82) is 0 Å². The number of rotatable bonds is 7. The van der Waals surface area contributed by atoms with E-state index in [2.05, 4.69) is 15.9 Å². The van der Waals surface area contributed by atoms with Crippen LogP contribution < -0.4 is 14.2 Å². The van der Waals surface area contributed by atoms with E-state index in [4.69, 9.17) is 18.9 Å². The maximum Gasteiger partial charge on any atom is 0.188 e. The van der Waals surface area contributed by atoms with E-state index in [-0.39, 0.29) is 6.79 Å². The Morgan fingerprint density at radius 2 is 1.67 bits per heavy atom. The lowest BCUT2D eigenvalue weighted by molar-refractivity contribution is 0.0480. The summed E-state index contributed by atoms with van der Waals surface area (Å²) in [4.78, 5) is 0. The Bertz CT molecular complexity index is 393. The number of hydrogen-bond donors (Lipinski definition) is 0. The largest absolute Gasteiger partial charge is 0.493 e. The Morgan fingerprint density at radius 3 is 2.22 bits per heavy atom.